The summed E-state index contributed by atoms with van der Waals surface area (Å²) in [6.07, 6.45) is 6.49. The molecule has 6 heteroatoms. The maximum Gasteiger partial charge on any atom is 0.223 e. The third kappa shape index (κ3) is 5.40. The summed E-state index contributed by atoms with van der Waals surface area (Å²) in [5, 5.41) is 2.17. The Labute approximate surface area is 205 Å². The molecule has 2 aromatic heterocycles. The van der Waals surface area contributed by atoms with Crippen LogP contribution in [-0.4, -0.2) is 46.0 Å². The van der Waals surface area contributed by atoms with Gasteiger partial charge in [-0.3, -0.25) is 9.20 Å². The maximum atomic E-state index is 13.2. The fourth-order valence-corrected chi connectivity index (χ4v) is 5.44. The van der Waals surface area contributed by atoms with Crippen LogP contribution in [0.15, 0.2) is 66.2 Å². The number of aryl methyl sites for hydroxylation is 2. The van der Waals surface area contributed by atoms with Gasteiger partial charge in [-0.25, -0.2) is 4.98 Å². The first-order chi connectivity index (χ1) is 16.7. The van der Waals surface area contributed by atoms with Gasteiger partial charge in [-0.05, 0) is 31.7 Å². The van der Waals surface area contributed by atoms with E-state index in [0.29, 0.717) is 19.5 Å². The van der Waals surface area contributed by atoms with Crippen LogP contribution in [0.25, 0.3) is 16.2 Å². The Balaban J connectivity index is 1.28. The first kappa shape index (κ1) is 22.8. The summed E-state index contributed by atoms with van der Waals surface area (Å²) in [5.74, 6) is 0.205. The molecule has 0 radical (unpaired) electrons. The van der Waals surface area contributed by atoms with Crippen molar-refractivity contribution in [2.75, 3.05) is 19.7 Å². The minimum Gasteiger partial charge on any atom is -0.376 e. The van der Waals surface area contributed by atoms with Crippen LogP contribution < -0.4 is 0 Å². The number of ether oxygens (including phenoxy) is 1. The average Bonchev–Trinajstić information content (AvgIpc) is 3.60. The third-order valence-corrected chi connectivity index (χ3v) is 7.43. The van der Waals surface area contributed by atoms with Gasteiger partial charge in [0.2, 0.25) is 5.91 Å². The molecule has 1 unspecified atom stereocenters. The Morgan fingerprint density at radius 1 is 1.15 bits per heavy atom. The summed E-state index contributed by atoms with van der Waals surface area (Å²) in [6, 6.07) is 18.7. The van der Waals surface area contributed by atoms with E-state index in [1.165, 1.54) is 16.8 Å². The Hall–Kier alpha value is -2.96. The molecule has 1 fully saturated rings. The highest BCUT2D eigenvalue weighted by molar-refractivity contribution is 7.15. The Bertz CT molecular complexity index is 1220. The van der Waals surface area contributed by atoms with Gasteiger partial charge in [0.1, 0.15) is 0 Å². The summed E-state index contributed by atoms with van der Waals surface area (Å²) < 4.78 is 8.04. The largest absolute Gasteiger partial charge is 0.376 e. The second kappa shape index (κ2) is 10.5. The molecule has 1 aliphatic heterocycles. The van der Waals surface area contributed by atoms with E-state index in [1.807, 2.05) is 23.1 Å². The van der Waals surface area contributed by atoms with Crippen molar-refractivity contribution in [3.05, 3.63) is 83.0 Å². The number of rotatable bonds is 9. The van der Waals surface area contributed by atoms with E-state index >= 15 is 0 Å². The zero-order chi connectivity index (χ0) is 23.3. The van der Waals surface area contributed by atoms with Crippen molar-refractivity contribution >= 4 is 22.2 Å². The smallest absolute Gasteiger partial charge is 0.223 e. The van der Waals surface area contributed by atoms with Gasteiger partial charge in [0.25, 0.3) is 0 Å². The van der Waals surface area contributed by atoms with Gasteiger partial charge in [-0.2, -0.15) is 0 Å². The van der Waals surface area contributed by atoms with E-state index in [-0.39, 0.29) is 12.0 Å². The molecular formula is C28H31N3O2S. The number of hydrogen-bond donors (Lipinski definition) is 0. The molecule has 176 valence electrons. The van der Waals surface area contributed by atoms with Crippen molar-refractivity contribution in [1.29, 1.82) is 0 Å². The highest BCUT2D eigenvalue weighted by Gasteiger charge is 2.23. The van der Waals surface area contributed by atoms with Crippen molar-refractivity contribution < 1.29 is 9.53 Å². The van der Waals surface area contributed by atoms with Crippen LogP contribution in [0.3, 0.4) is 0 Å². The molecule has 1 aliphatic rings. The van der Waals surface area contributed by atoms with E-state index in [0.717, 1.165) is 48.5 Å². The molecule has 0 saturated carbocycles. The number of nitrogens with zero attached hydrogens (tertiary/aromatic N) is 3. The van der Waals surface area contributed by atoms with Gasteiger partial charge in [0, 0.05) is 55.4 Å². The molecule has 2 aromatic carbocycles. The van der Waals surface area contributed by atoms with Gasteiger partial charge >= 0.3 is 0 Å². The lowest BCUT2D eigenvalue weighted by Crippen LogP contribution is -2.39. The predicted molar refractivity (Wildman–Crippen MR) is 137 cm³/mol. The van der Waals surface area contributed by atoms with Gasteiger partial charge in [0.05, 0.1) is 11.8 Å². The number of imidazole rings is 1. The summed E-state index contributed by atoms with van der Waals surface area (Å²) in [4.78, 5) is 21.0. The first-order valence-corrected chi connectivity index (χ1v) is 13.0. The topological polar surface area (TPSA) is 46.8 Å². The van der Waals surface area contributed by atoms with Crippen LogP contribution in [0.4, 0.5) is 0 Å². The Kier molecular flexibility index (Phi) is 7.07. The van der Waals surface area contributed by atoms with Crippen molar-refractivity contribution in [2.45, 2.75) is 45.1 Å². The Morgan fingerprint density at radius 2 is 1.97 bits per heavy atom. The first-order valence-electron chi connectivity index (χ1n) is 12.1. The van der Waals surface area contributed by atoms with E-state index in [9.17, 15) is 4.79 Å². The minimum atomic E-state index is 0.157. The standard InChI is InChI=1S/C28H31N3O2S/c1-21-9-12-23(13-10-21)26-19-31-24(20-34-28(31)29-26)15-16-30(18-25-8-5-17-33-25)27(32)14-11-22-6-3-2-4-7-22/h2-4,6-7,9-10,12-13,19-20,25H,5,8,11,14-18H2,1H3. The maximum absolute atomic E-state index is 13.2. The third-order valence-electron chi connectivity index (χ3n) is 6.54. The molecule has 0 spiro atoms. The number of amides is 1. The van der Waals surface area contributed by atoms with E-state index < -0.39 is 0 Å². The molecule has 3 heterocycles. The van der Waals surface area contributed by atoms with E-state index in [2.05, 4.69) is 59.3 Å². The molecule has 0 bridgehead atoms. The number of thiazole rings is 1. The van der Waals surface area contributed by atoms with E-state index in [1.54, 1.807) is 11.3 Å². The highest BCUT2D eigenvalue weighted by Crippen LogP contribution is 2.24. The lowest BCUT2D eigenvalue weighted by Gasteiger charge is -2.25. The number of aromatic nitrogens is 2. The zero-order valence-corrected chi connectivity index (χ0v) is 20.5. The van der Waals surface area contributed by atoms with Crippen LogP contribution in [-0.2, 0) is 22.4 Å². The Morgan fingerprint density at radius 3 is 2.74 bits per heavy atom. The van der Waals surface area contributed by atoms with Gasteiger partial charge in [0.15, 0.2) is 4.96 Å². The molecule has 1 amide bonds. The molecule has 0 N–H and O–H groups in total. The fraction of sp³-hybridized carbons (Fsp3) is 0.357. The fourth-order valence-electron chi connectivity index (χ4n) is 4.53. The molecule has 1 saturated heterocycles. The number of carbonyl (C=O) groups is 1. The van der Waals surface area contributed by atoms with Crippen molar-refractivity contribution in [3.8, 4) is 11.3 Å². The second-order valence-corrected chi connectivity index (χ2v) is 9.92. The van der Waals surface area contributed by atoms with Crippen LogP contribution in [0.1, 0.15) is 36.1 Å². The monoisotopic (exact) mass is 473 g/mol. The van der Waals surface area contributed by atoms with Gasteiger partial charge < -0.3 is 9.64 Å². The number of hydrogen-bond acceptors (Lipinski definition) is 4. The van der Waals surface area contributed by atoms with Gasteiger partial charge in [-0.15, -0.1) is 11.3 Å². The lowest BCUT2D eigenvalue weighted by atomic mass is 10.1. The highest BCUT2D eigenvalue weighted by atomic mass is 32.1. The zero-order valence-electron chi connectivity index (χ0n) is 19.7. The van der Waals surface area contributed by atoms with Crippen molar-refractivity contribution in [3.63, 3.8) is 0 Å². The minimum absolute atomic E-state index is 0.157. The SMILES string of the molecule is Cc1ccc(-c2cn3c(CCN(CC4CCCO4)C(=O)CCc4ccccc4)csc3n2)cc1. The molecule has 5 rings (SSSR count). The molecule has 34 heavy (non-hydrogen) atoms. The van der Waals surface area contributed by atoms with Crippen molar-refractivity contribution in [2.24, 2.45) is 0 Å². The van der Waals surface area contributed by atoms with Crippen LogP contribution in [0.5, 0.6) is 0 Å². The second-order valence-electron chi connectivity index (χ2n) is 9.08. The quantitative estimate of drug-likeness (QED) is 0.320. The lowest BCUT2D eigenvalue weighted by molar-refractivity contribution is -0.132. The number of carbonyl (C=O) groups excluding carboxylic acids is 1. The summed E-state index contributed by atoms with van der Waals surface area (Å²) >= 11 is 1.66. The van der Waals surface area contributed by atoms with Crippen LogP contribution in [0.2, 0.25) is 0 Å². The van der Waals surface area contributed by atoms with Gasteiger partial charge in [-0.1, -0.05) is 60.2 Å². The number of fused-ring (bicyclic) bond motifs is 1. The van der Waals surface area contributed by atoms with Crippen LogP contribution in [0, 0.1) is 6.92 Å². The molecular weight excluding hydrogens is 442 g/mol. The molecule has 4 aromatic rings. The summed E-state index contributed by atoms with van der Waals surface area (Å²) in [7, 11) is 0. The molecule has 5 nitrogen and oxygen atoms in total. The normalized spacial score (nSPS) is 15.7. The van der Waals surface area contributed by atoms with E-state index in [4.69, 9.17) is 9.72 Å². The molecule has 1 atom stereocenters. The predicted octanol–water partition coefficient (Wildman–Crippen LogP) is 5.55. The summed E-state index contributed by atoms with van der Waals surface area (Å²) in [5.41, 5.74) is 5.76. The average molecular weight is 474 g/mol. The molecule has 0 aliphatic carbocycles. The van der Waals surface area contributed by atoms with Crippen molar-refractivity contribution in [1.82, 2.24) is 14.3 Å². The van der Waals surface area contributed by atoms with Crippen LogP contribution >= 0.6 is 11.3 Å². The number of benzene rings is 2. The summed E-state index contributed by atoms with van der Waals surface area (Å²) in [6.45, 7) is 4.27.